The monoisotopic (exact) mass is 908 g/mol. The van der Waals surface area contributed by atoms with Gasteiger partial charge in [0, 0.05) is 29.5 Å². The first kappa shape index (κ1) is 52.5. The second kappa shape index (κ2) is 23.5. The number of esters is 2. The number of nitrogens with zero attached hydrogens (tertiary/aromatic N) is 4. The van der Waals surface area contributed by atoms with Crippen molar-refractivity contribution in [2.75, 3.05) is 20.3 Å². The van der Waals surface area contributed by atoms with Crippen LogP contribution in [0.2, 0.25) is 0 Å². The van der Waals surface area contributed by atoms with Crippen LogP contribution < -0.4 is 15.1 Å². The molecular weight excluding hydrogens is 837 g/mol. The number of ether oxygens (including phenoxy) is 2. The molecule has 6 rings (SSSR count). The number of aryl methyl sites for hydroxylation is 2. The topological polar surface area (TPSA) is 150 Å². The Balaban J connectivity index is 0.00000817. The molecule has 2 aliphatic heterocycles. The third kappa shape index (κ3) is 11.6. The van der Waals surface area contributed by atoms with E-state index in [0.717, 1.165) is 41.4 Å². The molecule has 0 amide bonds. The van der Waals surface area contributed by atoms with Gasteiger partial charge in [0.25, 0.3) is 0 Å². The second-order valence-corrected chi connectivity index (χ2v) is 19.3. The normalized spacial score (nSPS) is 16.8. The molecule has 0 radical (unpaired) electrons. The summed E-state index contributed by atoms with van der Waals surface area (Å²) in [4.78, 5) is 47.2. The van der Waals surface area contributed by atoms with Crippen molar-refractivity contribution in [3.05, 3.63) is 87.0 Å². The standard InChI is InChI=1S/C55H73N4O6.Mg/c1-12-38-35(8)42-27-43-36(9)40(23-24-48(61)65-26-25-34(7)22-16-21-33(6)20-15-19-32(5)18-14-17-31(3)4)52(58-43)50-51(55(63)64-11)54(62)49-37(10)44(59-53(49)50)28-46-39(13-2)41(30-60)47(57-46)29-45(38)56-42;/h12,25,27-29,31-33,36,40,60H,1,13-24,26,30H2,2-11H3,(H2-,56,57,58,59,62,63);/q-1;+2/p-2/b34-25+;/t32-,33-,36+,40+;/m1./s1. The predicted molar refractivity (Wildman–Crippen MR) is 267 cm³/mol. The summed E-state index contributed by atoms with van der Waals surface area (Å²) >= 11 is 0. The first-order chi connectivity index (χ1) is 31.1. The van der Waals surface area contributed by atoms with Crippen molar-refractivity contribution >= 4 is 85.6 Å². The van der Waals surface area contributed by atoms with Crippen LogP contribution in [-0.2, 0) is 19.1 Å². The zero-order valence-corrected chi connectivity index (χ0v) is 42.8. The smallest absolute Gasteiger partial charge is 0.871 e. The van der Waals surface area contributed by atoms with Crippen LogP contribution in [0.15, 0.2) is 36.4 Å². The molecule has 0 saturated heterocycles. The molecular formula is C55H71MgN4O6-. The number of carbonyl (C=O) groups is 2. The Morgan fingerprint density at radius 2 is 1.52 bits per heavy atom. The molecule has 8 bridgehead atoms. The Morgan fingerprint density at radius 1 is 0.879 bits per heavy atom. The maximum Gasteiger partial charge on any atom is 2.00 e. The van der Waals surface area contributed by atoms with Crippen LogP contribution in [0, 0.1) is 31.6 Å². The van der Waals surface area contributed by atoms with E-state index in [1.807, 2.05) is 52.0 Å². The Labute approximate surface area is 409 Å². The minimum absolute atomic E-state index is 0. The van der Waals surface area contributed by atoms with Crippen LogP contribution in [0.5, 0.6) is 0 Å². The fourth-order valence-corrected chi connectivity index (χ4v) is 9.95. The van der Waals surface area contributed by atoms with Gasteiger partial charge in [0.2, 0.25) is 0 Å². The number of fused-ring (bicyclic) bond motifs is 8. The van der Waals surface area contributed by atoms with Crippen molar-refractivity contribution in [3.63, 3.8) is 0 Å². The molecule has 0 aromatic carbocycles. The summed E-state index contributed by atoms with van der Waals surface area (Å²) < 4.78 is 11.0. The van der Waals surface area contributed by atoms with Gasteiger partial charge in [-0.05, 0) is 92.5 Å². The van der Waals surface area contributed by atoms with E-state index in [1.165, 1.54) is 57.6 Å². The first-order valence-electron chi connectivity index (χ1n) is 24.1. The van der Waals surface area contributed by atoms with E-state index in [9.17, 15) is 19.8 Å². The molecule has 4 atom stereocenters. The number of allylic oxidation sites excluding steroid dienone is 2. The molecule has 350 valence electrons. The maximum atomic E-state index is 14.3. The number of rotatable bonds is 21. The Morgan fingerprint density at radius 3 is 2.15 bits per heavy atom. The van der Waals surface area contributed by atoms with Crippen LogP contribution in [0.1, 0.15) is 188 Å². The van der Waals surface area contributed by atoms with Crippen molar-refractivity contribution < 1.29 is 29.3 Å². The number of aliphatic hydroxyl groups is 1. The number of aromatic nitrogens is 4. The van der Waals surface area contributed by atoms with Gasteiger partial charge in [-0.3, -0.25) is 9.78 Å². The summed E-state index contributed by atoms with van der Waals surface area (Å²) in [7, 11) is 1.26. The molecule has 66 heavy (non-hydrogen) atoms. The van der Waals surface area contributed by atoms with Crippen LogP contribution in [0.3, 0.4) is 0 Å². The van der Waals surface area contributed by atoms with Gasteiger partial charge >= 0.3 is 35.0 Å². The minimum atomic E-state index is -0.769. The molecule has 0 unspecified atom stereocenters. The zero-order valence-electron chi connectivity index (χ0n) is 41.4. The second-order valence-electron chi connectivity index (χ2n) is 19.3. The Bertz CT molecular complexity index is 2540. The van der Waals surface area contributed by atoms with E-state index in [1.54, 1.807) is 6.08 Å². The van der Waals surface area contributed by atoms with E-state index < -0.39 is 11.7 Å². The summed E-state index contributed by atoms with van der Waals surface area (Å²) in [5.41, 5.74) is 10.3. The van der Waals surface area contributed by atoms with Crippen molar-refractivity contribution in [3.8, 4) is 0 Å². The summed E-state index contributed by atoms with van der Waals surface area (Å²) in [6.45, 7) is 23.4. The average molecular weight is 908 g/mol. The molecule has 0 spiro atoms. The van der Waals surface area contributed by atoms with Gasteiger partial charge in [-0.2, -0.15) is 0 Å². The minimum Gasteiger partial charge on any atom is -0.871 e. The third-order valence-corrected chi connectivity index (χ3v) is 14.0. The quantitative estimate of drug-likeness (QED) is 0.0621. The average Bonchev–Trinajstić information content (AvgIpc) is 4.02. The van der Waals surface area contributed by atoms with Gasteiger partial charge in [0.05, 0.1) is 36.4 Å². The molecule has 3 aromatic heterocycles. The molecule has 3 aromatic rings. The van der Waals surface area contributed by atoms with E-state index in [0.29, 0.717) is 85.9 Å². The third-order valence-electron chi connectivity index (χ3n) is 14.0. The number of methoxy groups -OCH3 is 1. The van der Waals surface area contributed by atoms with Gasteiger partial charge in [-0.1, -0.05) is 140 Å². The van der Waals surface area contributed by atoms with Gasteiger partial charge in [0.15, 0.2) is 0 Å². The molecule has 5 heterocycles. The van der Waals surface area contributed by atoms with Crippen molar-refractivity contribution in [1.82, 2.24) is 19.9 Å². The Hall–Kier alpha value is -4.45. The molecule has 3 aliphatic rings. The van der Waals surface area contributed by atoms with Crippen molar-refractivity contribution in [1.29, 1.82) is 0 Å². The molecule has 0 saturated carbocycles. The van der Waals surface area contributed by atoms with Crippen LogP contribution >= 0.6 is 0 Å². The molecule has 1 N–H and O–H groups in total. The van der Waals surface area contributed by atoms with Crippen LogP contribution in [-0.4, -0.2) is 70.4 Å². The summed E-state index contributed by atoms with van der Waals surface area (Å²) in [6.07, 6.45) is 16.1. The summed E-state index contributed by atoms with van der Waals surface area (Å²) in [6, 6.07) is 5.66. The number of aliphatic hydroxyl groups excluding tert-OH is 1. The van der Waals surface area contributed by atoms with Gasteiger partial charge in [0.1, 0.15) is 6.61 Å². The number of hydrogen-bond acceptors (Lipinski definition) is 8. The fourth-order valence-electron chi connectivity index (χ4n) is 9.95. The van der Waals surface area contributed by atoms with Gasteiger partial charge < -0.3 is 29.7 Å². The van der Waals surface area contributed by atoms with E-state index in [2.05, 4.69) is 41.2 Å². The molecule has 1 aliphatic carbocycles. The van der Waals surface area contributed by atoms with Gasteiger partial charge in [-0.15, -0.1) is 22.1 Å². The molecule has 0 fully saturated rings. The van der Waals surface area contributed by atoms with Crippen molar-refractivity contribution in [2.45, 2.75) is 151 Å². The number of hydrogen-bond donors (Lipinski definition) is 1. The predicted octanol–water partition coefficient (Wildman–Crippen LogP) is 11.1. The molecule has 11 heteroatoms. The fraction of sp³-hybridized carbons (Fsp3) is 0.527. The van der Waals surface area contributed by atoms with E-state index in [-0.39, 0.29) is 66.1 Å². The summed E-state index contributed by atoms with van der Waals surface area (Å²) in [5, 5.41) is 24.9. The van der Waals surface area contributed by atoms with E-state index >= 15 is 0 Å². The van der Waals surface area contributed by atoms with Crippen LogP contribution in [0.4, 0.5) is 0 Å². The van der Waals surface area contributed by atoms with Crippen molar-refractivity contribution in [2.24, 2.45) is 17.8 Å². The SMILES string of the molecule is C=Cc1c(C)c2cc3nc(c4c5[n-]c(cc6nc(cc1[n-]2)C(CO)=C6CC)c(C)c5C([O-])=C4C(=O)OC)[C@@H](CCC(=O)OC/C=C(\C)CCC[C@H](C)CCC[C@H](C)CCCC(C)C)[C@@H]3C.[Mg+2]. The first-order valence-corrected chi connectivity index (χ1v) is 24.1. The maximum absolute atomic E-state index is 14.3. The van der Waals surface area contributed by atoms with Crippen LogP contribution in [0.25, 0.3) is 50.6 Å². The summed E-state index contributed by atoms with van der Waals surface area (Å²) in [5.74, 6) is 0.139. The van der Waals surface area contributed by atoms with E-state index in [4.69, 9.17) is 29.4 Å². The molecule has 10 nitrogen and oxygen atoms in total. The Kier molecular flexibility index (Phi) is 18.7. The number of carbonyl (C=O) groups excluding carboxylic acids is 2. The zero-order chi connectivity index (χ0) is 47.1. The van der Waals surface area contributed by atoms with Gasteiger partial charge in [-0.25, -0.2) is 9.78 Å². The largest absolute Gasteiger partial charge is 2.00 e.